The van der Waals surface area contributed by atoms with Gasteiger partial charge in [-0.2, -0.15) is 0 Å². The van der Waals surface area contributed by atoms with E-state index in [1.807, 2.05) is 0 Å². The molecule has 306 valence electrons. The van der Waals surface area contributed by atoms with Gasteiger partial charge in [-0.25, -0.2) is 0 Å². The van der Waals surface area contributed by atoms with Crippen molar-refractivity contribution in [2.45, 2.75) is 186 Å². The number of esters is 2. The molecule has 52 heavy (non-hydrogen) atoms. The van der Waals surface area contributed by atoms with Crippen LogP contribution >= 0.6 is 7.82 Å². The highest BCUT2D eigenvalue weighted by molar-refractivity contribution is 7.45. The molecule has 0 saturated carbocycles. The number of hydrogen-bond donors (Lipinski definition) is 0. The first-order chi connectivity index (χ1) is 48.5. The molecule has 10 heteroatoms. The van der Waals surface area contributed by atoms with Gasteiger partial charge in [0.1, 0.15) is 19.8 Å². The van der Waals surface area contributed by atoms with Crippen molar-refractivity contribution in [2.24, 2.45) is 0 Å². The fraction of sp³-hybridized carbons (Fsp3) is 0.857. The first-order valence-electron chi connectivity index (χ1n) is 44.6. The second kappa shape index (κ2) is 35.2. The molecule has 0 aromatic carbocycles. The van der Waals surface area contributed by atoms with E-state index in [2.05, 4.69) is 18.5 Å². The van der Waals surface area contributed by atoms with Gasteiger partial charge in [0.25, 0.3) is 7.82 Å². The third-order valence-electron chi connectivity index (χ3n) is 4.06. The molecule has 0 radical (unpaired) electrons. The van der Waals surface area contributed by atoms with Crippen LogP contribution in [-0.2, 0) is 32.7 Å². The Morgan fingerprint density at radius 3 is 1.67 bits per heavy atom. The number of ether oxygens (including phenoxy) is 2. The zero-order chi connectivity index (χ0) is 93.7. The van der Waals surface area contributed by atoms with Crippen LogP contribution in [0.5, 0.6) is 0 Å². The Bertz CT molecular complexity index is 3590. The Morgan fingerprint density at radius 2 is 1.13 bits per heavy atom. The maximum Gasteiger partial charge on any atom is 0.306 e. The third kappa shape index (κ3) is 38.2. The van der Waals surface area contributed by atoms with E-state index in [9.17, 15) is 19.0 Å². The fourth-order valence-corrected chi connectivity index (χ4v) is 2.78. The number of nitrogens with zero attached hydrogens (tertiary/aromatic N) is 1. The van der Waals surface area contributed by atoms with Crippen LogP contribution in [0.15, 0.2) is 24.2 Å². The van der Waals surface area contributed by atoms with Crippen LogP contribution in [-0.4, -0.2) is 70.0 Å². The highest BCUT2D eigenvalue weighted by atomic mass is 31.2. The van der Waals surface area contributed by atoms with Crippen LogP contribution in [0.4, 0.5) is 0 Å². The zero-order valence-electron chi connectivity index (χ0n) is 89.6. The lowest BCUT2D eigenvalue weighted by Crippen LogP contribution is -2.37. The molecule has 1 unspecified atom stereocenters. The van der Waals surface area contributed by atoms with E-state index in [4.69, 9.17) is 85.0 Å². The number of carbonyl (C=O) groups excluding carboxylic acids is 2. The number of phosphoric ester groups is 1. The molecule has 0 amide bonds. The molecule has 0 rings (SSSR count). The molecule has 0 aromatic heterocycles. The van der Waals surface area contributed by atoms with E-state index in [0.29, 0.717) is 0 Å². The second-order valence-electron chi connectivity index (χ2n) is 8.97. The minimum atomic E-state index is -5.93. The molecule has 0 aromatic rings. The van der Waals surface area contributed by atoms with Crippen molar-refractivity contribution in [3.05, 3.63) is 24.2 Å². The van der Waals surface area contributed by atoms with E-state index >= 15 is 0 Å². The van der Waals surface area contributed by atoms with Crippen molar-refractivity contribution in [3.8, 4) is 0 Å². The number of carbonyl (C=O) groups is 2. The predicted octanol–water partition coefficient (Wildman–Crippen LogP) is 10.9. The Morgan fingerprint density at radius 1 is 0.673 bits per heavy atom. The number of allylic oxidation sites excluding steroid dienone is 4. The van der Waals surface area contributed by atoms with E-state index in [1.165, 1.54) is 21.1 Å². The third-order valence-corrected chi connectivity index (χ3v) is 5.02. The molecule has 0 fully saturated rings. The lowest BCUT2D eigenvalue weighted by Gasteiger charge is -2.28. The topological polar surface area (TPSA) is 111 Å². The minimum absolute atomic E-state index is 0.0842. The van der Waals surface area contributed by atoms with E-state index in [-0.39, 0.29) is 11.0 Å². The molecule has 0 aliphatic carbocycles. The van der Waals surface area contributed by atoms with Gasteiger partial charge in [0.15, 0.2) is 6.10 Å². The summed E-state index contributed by atoms with van der Waals surface area (Å²) in [5.74, 6) is -6.13. The first-order valence-corrected chi connectivity index (χ1v) is 15.1. The average Bonchev–Trinajstić information content (AvgIpc) is 0.678. The summed E-state index contributed by atoms with van der Waals surface area (Å²) >= 11 is 0. The van der Waals surface area contributed by atoms with Gasteiger partial charge >= 0.3 is 11.9 Å². The molecule has 0 aliphatic heterocycles. The number of hydrogen-bond acceptors (Lipinski definition) is 8. The monoisotopic (exact) mass is 820 g/mol. The van der Waals surface area contributed by atoms with E-state index < -0.39 is 249 Å². The normalized spacial score (nSPS) is 39.9. The van der Waals surface area contributed by atoms with Gasteiger partial charge in [-0.05, 0) is 44.6 Å². The van der Waals surface area contributed by atoms with Crippen molar-refractivity contribution in [1.29, 1.82) is 0 Å². The molecule has 0 N–H and O–H groups in total. The molecular weight excluding hydrogens is 677 g/mol. The number of quaternary nitrogens is 1. The smallest absolute Gasteiger partial charge is 0.306 e. The summed E-state index contributed by atoms with van der Waals surface area (Å²) in [7, 11) is -1.55. The Hall–Kier alpha value is -1.51. The van der Waals surface area contributed by atoms with Gasteiger partial charge in [-0.15, -0.1) is 0 Å². The van der Waals surface area contributed by atoms with Crippen molar-refractivity contribution in [2.75, 3.05) is 47.5 Å². The zero-order valence-corrected chi connectivity index (χ0v) is 28.5. The van der Waals surface area contributed by atoms with Gasteiger partial charge in [-0.3, -0.25) is 14.2 Å². The largest absolute Gasteiger partial charge is 0.756 e. The lowest BCUT2D eigenvalue weighted by atomic mass is 10.0. The van der Waals surface area contributed by atoms with Crippen molar-refractivity contribution in [1.82, 2.24) is 0 Å². The van der Waals surface area contributed by atoms with E-state index in [1.54, 1.807) is 0 Å². The number of phosphoric acid groups is 1. The van der Waals surface area contributed by atoms with Gasteiger partial charge in [0, 0.05) is 92.2 Å². The fourth-order valence-electron chi connectivity index (χ4n) is 2.05. The van der Waals surface area contributed by atoms with Crippen LogP contribution in [0.1, 0.15) is 264 Å². The highest BCUT2D eigenvalue weighted by Gasteiger charge is 2.21. The lowest BCUT2D eigenvalue weighted by molar-refractivity contribution is -0.870. The summed E-state index contributed by atoms with van der Waals surface area (Å²) < 4.78 is 540. The SMILES string of the molecule is [2H]/C(=C(\[2H])C([2H])([2H])C([2H])([2H])C([2H])([2H])C([2H])([2H])C([2H])([2H])[2H])C([2H])([2H])/C([2H])=C(/[2H])C([2H])([2H])C([2H])([2H])C([2H])([2H])C([2H])([2H])C([2H])([2H])C([2H])([2H])C([2H])([2H])C(=O)O[C@H](COC(=O)C([2H])([2H])C([2H])([2H])C([2H])([2H])C([2H])([2H])C([2H])([2H])C([2H])([2H])C([2H])([2H])C([2H])([2H])C([2H])([2H])C([2H])([2H])C([2H])([2H])C([2H])([2H])C([2H])([2H])C([2H])([2H])C([2H])([2H])[2H])COP(=O)([O-])OCC[N+](C)(C)C. The summed E-state index contributed by atoms with van der Waals surface area (Å²) in [6.07, 6.45) is -136. The summed E-state index contributed by atoms with van der Waals surface area (Å²) in [6.45, 7) is -13.8. The minimum Gasteiger partial charge on any atom is -0.756 e. The van der Waals surface area contributed by atoms with Gasteiger partial charge in [-0.1, -0.05) is 146 Å². The molecule has 0 heterocycles. The molecule has 0 aliphatic rings. The van der Waals surface area contributed by atoms with Gasteiger partial charge < -0.3 is 27.9 Å². The van der Waals surface area contributed by atoms with Gasteiger partial charge in [0.05, 0.1) is 33.2 Å². The standard InChI is InChI=1S/C42H80NO8P/c1-6-8-10-12-14-16-18-20-21-23-25-27-29-31-33-35-42(45)51-40(39-50-52(46,47)49-37-36-43(3,4)5)38-48-41(44)34-32-30-28-26-24-22-19-17-15-13-11-9-7-2/h14,16,20-21,40H,6-13,15,17-19,22-39H2,1-5H3/b16-14-,21-20-/t40-/m1/s1/i1D3,2D3,6D2,7D2,8D2,9D2,10D2,11D2,12D2,13D2,14D,15D2,16D,17D2,18D2,19D2,20D,21D,22D2,23D2,24D2,25D2,26D2,27D2,28D2,29D2,30D2,31D2,32D2,33D2,34D2,35D2. The van der Waals surface area contributed by atoms with Crippen molar-refractivity contribution in [3.63, 3.8) is 0 Å². The Labute approximate surface area is 407 Å². The van der Waals surface area contributed by atoms with E-state index in [0.717, 1.165) is 0 Å². The molecular formula is C42H80NO8P. The maximum atomic E-state index is 13.9. The Balaban J connectivity index is 8.25. The maximum absolute atomic E-state index is 13.9. The molecule has 0 bridgehead atoms. The molecule has 0 spiro atoms. The van der Waals surface area contributed by atoms with Crippen LogP contribution in [0.25, 0.3) is 0 Å². The van der Waals surface area contributed by atoms with Crippen LogP contribution < -0.4 is 4.89 Å². The van der Waals surface area contributed by atoms with Crippen LogP contribution in [0.3, 0.4) is 0 Å². The summed E-state index contributed by atoms with van der Waals surface area (Å²) in [4.78, 5) is 40.7. The summed E-state index contributed by atoms with van der Waals surface area (Å²) in [6, 6.07) is -10.1. The first kappa shape index (κ1) is 9.95. The predicted molar refractivity (Wildman–Crippen MR) is 213 cm³/mol. The quantitative estimate of drug-likeness (QED) is 0.0262. The number of likely N-dealkylation sites (N-methyl/N-ethyl adjacent to an activating group) is 1. The molecule has 0 saturated heterocycles. The van der Waals surface area contributed by atoms with Crippen molar-refractivity contribution >= 4 is 19.8 Å². The second-order valence-corrected chi connectivity index (χ2v) is 10.4. The van der Waals surface area contributed by atoms with Crippen LogP contribution in [0, 0.1) is 0 Å². The summed E-state index contributed by atoms with van der Waals surface area (Å²) in [5.41, 5.74) is 0. The summed E-state index contributed by atoms with van der Waals surface area (Å²) in [5, 5.41) is 0. The van der Waals surface area contributed by atoms with Crippen molar-refractivity contribution < 1.29 is 127 Å². The highest BCUT2D eigenvalue weighted by Crippen LogP contribution is 2.38. The number of rotatable bonds is 38. The Kier molecular flexibility index (Phi) is 6.74. The van der Waals surface area contributed by atoms with Crippen LogP contribution in [0.2, 0.25) is 0 Å². The molecule has 2 atom stereocenters. The average molecular weight is 820 g/mol. The van der Waals surface area contributed by atoms with Gasteiger partial charge in [0.2, 0.25) is 0 Å². The molecule has 9 nitrogen and oxygen atoms in total.